The van der Waals surface area contributed by atoms with E-state index < -0.39 is 11.9 Å². The van der Waals surface area contributed by atoms with Crippen molar-refractivity contribution in [2.24, 2.45) is 40.7 Å². The smallest absolute Gasteiger partial charge is 0.330 e. The number of aliphatic hydroxyl groups excluding tert-OH is 2. The number of unbranched alkanes of at least 4 members (excludes halogenated alkanes) is 11. The number of carbonyl (C=O) groups is 8. The number of carbonyl (C=O) groups excluding carboxylic acids is 8. The third-order valence-electron chi connectivity index (χ3n) is 16.8. The van der Waals surface area contributed by atoms with E-state index in [1.54, 1.807) is 13.8 Å². The van der Waals surface area contributed by atoms with Crippen LogP contribution < -0.4 is 28.3 Å². The van der Waals surface area contributed by atoms with Crippen molar-refractivity contribution in [2.75, 3.05) is 145 Å². The highest BCUT2D eigenvalue weighted by molar-refractivity contribution is 5.81. The molecule has 0 aliphatic rings. The van der Waals surface area contributed by atoms with Crippen molar-refractivity contribution in [3.8, 4) is 178 Å². The SMILES string of the molecule is C.C=CC(=O)OCCCCOC(=O)CCN(CCCCCO)CCC(=O)OCCCCOC(=O)C=C.CC#CC#CC#CC#CC#CC#CC#CC#CC#CC#CC#CC#CC#CC#CC#CC.CC(CN)CCCCCCC(=O)OCCCCOC(=O)CCN(CCCCCO)CCC(=O)OCCCCOC(=O)CCNCCCC(C)CN.CC(CN)CCCN. The van der Waals surface area contributed by atoms with Gasteiger partial charge in [0.15, 0.2) is 0 Å². The molecule has 0 aromatic rings. The van der Waals surface area contributed by atoms with Gasteiger partial charge in [0.25, 0.3) is 0 Å². The van der Waals surface area contributed by atoms with E-state index in [-0.39, 0.29) is 122 Å². The van der Waals surface area contributed by atoms with Crippen LogP contribution in [0, 0.1) is 195 Å². The molecule has 127 heavy (non-hydrogen) atoms. The van der Waals surface area contributed by atoms with Gasteiger partial charge in [0.1, 0.15) is 0 Å². The van der Waals surface area contributed by atoms with E-state index >= 15 is 0 Å². The molecule has 0 aliphatic heterocycles. The number of nitrogens with zero attached hydrogens (tertiary/aromatic N) is 2. The number of nitrogens with two attached hydrogens (primary N) is 4. The summed E-state index contributed by atoms with van der Waals surface area (Å²) in [5.74, 6) is 74.7. The van der Waals surface area contributed by atoms with Gasteiger partial charge in [0.2, 0.25) is 0 Å². The Morgan fingerprint density at radius 1 is 0.299 bits per heavy atom. The van der Waals surface area contributed by atoms with Crippen LogP contribution in [0.25, 0.3) is 0 Å². The maximum Gasteiger partial charge on any atom is 0.330 e. The van der Waals surface area contributed by atoms with Crippen LogP contribution in [0.15, 0.2) is 25.3 Å². The van der Waals surface area contributed by atoms with E-state index in [9.17, 15) is 38.4 Å². The molecular formula is C102H141N7O18. The fourth-order valence-electron chi connectivity index (χ4n) is 9.51. The third-order valence-corrected chi connectivity index (χ3v) is 16.8. The highest BCUT2D eigenvalue weighted by Gasteiger charge is 2.16. The molecule has 0 aromatic carbocycles. The Morgan fingerprint density at radius 2 is 0.543 bits per heavy atom. The molecule has 3 unspecified atom stereocenters. The van der Waals surface area contributed by atoms with E-state index in [0.29, 0.717) is 160 Å². The Bertz CT molecular complexity index is 3870. The molecule has 25 heteroatoms. The standard InChI is InChI=1S/C38H74N4O9.C32H6.C25H41NO9.C6H16N2.CH4/c1-33(31-39)15-6-3-4-7-17-35(44)48-27-10-12-29-50-37(46)19-24-42(23-8-5-9-26-43)25-20-38(47)51-30-13-11-28-49-36(45)18-22-41-21-14-16-34(2)32-40;1-3-5-7-9-11-13-15-17-19-21-23-25-27-29-31-32-30-28-26-24-22-20-18-16-14-12-10-8-6-4-2;1-3-22(28)32-18-8-10-20-34-24(30)12-15-26(14-6-5-7-17-27)16-13-25(31)35-21-11-9-19-33-23(29)4-2;1-6(5-8)3-2-4-7;/h33-34,41,43H,3-32,39-40H2,1-2H3;1-2H3;3-4,27H,1-2,5-21H2;6H,2-5,7-8H2,1H3;1H4. The minimum absolute atomic E-state index is 0. The van der Waals surface area contributed by atoms with Gasteiger partial charge in [-0.25, -0.2) is 9.59 Å². The van der Waals surface area contributed by atoms with Gasteiger partial charge in [0.05, 0.1) is 85.0 Å². The zero-order chi connectivity index (χ0) is 93.6. The first-order valence-corrected chi connectivity index (χ1v) is 43.4. The predicted molar refractivity (Wildman–Crippen MR) is 500 cm³/mol. The summed E-state index contributed by atoms with van der Waals surface area (Å²) in [5.41, 5.74) is 21.9. The molecule has 0 fully saturated rings. The Balaban J connectivity index is -0.000000574. The van der Waals surface area contributed by atoms with Crippen LogP contribution in [0.2, 0.25) is 0 Å². The molecule has 0 bridgehead atoms. The van der Waals surface area contributed by atoms with Crippen molar-refractivity contribution in [1.82, 2.24) is 15.1 Å². The molecule has 0 aliphatic carbocycles. The van der Waals surface area contributed by atoms with Gasteiger partial charge in [0, 0.05) is 136 Å². The lowest BCUT2D eigenvalue weighted by atomic mass is 10.0. The lowest BCUT2D eigenvalue weighted by Crippen LogP contribution is -2.30. The average Bonchev–Trinajstić information content (AvgIpc) is 0.963. The van der Waals surface area contributed by atoms with Gasteiger partial charge in [-0.2, -0.15) is 0 Å². The molecule has 25 nitrogen and oxygen atoms in total. The minimum atomic E-state index is -0.475. The molecule has 0 saturated heterocycles. The van der Waals surface area contributed by atoms with Gasteiger partial charge in [-0.05, 0) is 301 Å². The minimum Gasteiger partial charge on any atom is -0.466 e. The summed E-state index contributed by atoms with van der Waals surface area (Å²) < 4.78 is 41.4. The normalized spacial score (nSPS) is 9.74. The van der Waals surface area contributed by atoms with Crippen LogP contribution >= 0.6 is 0 Å². The highest BCUT2D eigenvalue weighted by Crippen LogP contribution is 2.12. The molecule has 11 N–H and O–H groups in total. The van der Waals surface area contributed by atoms with Crippen LogP contribution in [-0.2, 0) is 76.3 Å². The average molecular weight is 1750 g/mol. The lowest BCUT2D eigenvalue weighted by Gasteiger charge is -2.21. The van der Waals surface area contributed by atoms with Crippen LogP contribution in [0.4, 0.5) is 0 Å². The first-order valence-electron chi connectivity index (χ1n) is 43.4. The van der Waals surface area contributed by atoms with Crippen molar-refractivity contribution in [2.45, 2.75) is 228 Å². The fourth-order valence-corrected chi connectivity index (χ4v) is 9.51. The molecule has 0 amide bonds. The summed E-state index contributed by atoms with van der Waals surface area (Å²) in [6.07, 6.45) is 23.0. The molecule has 0 saturated carbocycles. The number of hydrogen-bond donors (Lipinski definition) is 7. The lowest BCUT2D eigenvalue weighted by molar-refractivity contribution is -0.147. The summed E-state index contributed by atoms with van der Waals surface area (Å²) >= 11 is 0. The van der Waals surface area contributed by atoms with Crippen molar-refractivity contribution in [3.63, 3.8) is 0 Å². The Kier molecular flexibility index (Phi) is 100. The molecule has 0 spiro atoms. The zero-order valence-corrected chi connectivity index (χ0v) is 75.5. The van der Waals surface area contributed by atoms with Crippen molar-refractivity contribution >= 4 is 47.8 Å². The molecular weight excluding hydrogens is 1610 g/mol. The summed E-state index contributed by atoms with van der Waals surface area (Å²) in [7, 11) is 0. The predicted octanol–water partition coefficient (Wildman–Crippen LogP) is 8.62. The maximum atomic E-state index is 12.3. The van der Waals surface area contributed by atoms with Crippen LogP contribution in [-0.4, -0.2) is 212 Å². The molecule has 0 rings (SSSR count). The number of esters is 8. The topological polar surface area (TPSA) is 373 Å². The van der Waals surface area contributed by atoms with E-state index in [0.717, 1.165) is 115 Å². The fraction of sp³-hybridized carbons (Fsp3) is 0.588. The van der Waals surface area contributed by atoms with E-state index in [1.165, 1.54) is 6.42 Å². The zero-order valence-electron chi connectivity index (χ0n) is 75.5. The molecule has 692 valence electrons. The van der Waals surface area contributed by atoms with Gasteiger partial charge >= 0.3 is 47.8 Å². The largest absolute Gasteiger partial charge is 0.466 e. The van der Waals surface area contributed by atoms with Crippen LogP contribution in [0.1, 0.15) is 228 Å². The van der Waals surface area contributed by atoms with Gasteiger partial charge < -0.3 is 86.2 Å². The first kappa shape index (κ1) is 124. The summed E-state index contributed by atoms with van der Waals surface area (Å²) in [5, 5.41) is 21.3. The summed E-state index contributed by atoms with van der Waals surface area (Å²) in [6, 6.07) is 0. The second-order valence-corrected chi connectivity index (χ2v) is 27.7. The third kappa shape index (κ3) is 105. The highest BCUT2D eigenvalue weighted by atomic mass is 16.6. The monoisotopic (exact) mass is 1750 g/mol. The molecule has 0 heterocycles. The number of nitrogens with one attached hydrogen (secondary N) is 1. The van der Waals surface area contributed by atoms with Crippen LogP contribution in [0.3, 0.4) is 0 Å². The van der Waals surface area contributed by atoms with E-state index in [4.69, 9.17) is 71.0 Å². The van der Waals surface area contributed by atoms with E-state index in [1.807, 2.05) is 4.90 Å². The maximum absolute atomic E-state index is 12.3. The molecule has 0 radical (unpaired) electrons. The second-order valence-electron chi connectivity index (χ2n) is 27.7. The Labute approximate surface area is 761 Å². The first-order chi connectivity index (χ1) is 61.4. The van der Waals surface area contributed by atoms with Crippen molar-refractivity contribution in [3.05, 3.63) is 25.3 Å². The summed E-state index contributed by atoms with van der Waals surface area (Å²) in [4.78, 5) is 98.5. The van der Waals surface area contributed by atoms with Crippen molar-refractivity contribution < 1.29 is 86.5 Å². The Morgan fingerprint density at radius 3 is 0.811 bits per heavy atom. The van der Waals surface area contributed by atoms with Gasteiger partial charge in [-0.3, -0.25) is 28.8 Å². The second kappa shape index (κ2) is 103. The van der Waals surface area contributed by atoms with Gasteiger partial charge in [-0.15, -0.1) is 0 Å². The van der Waals surface area contributed by atoms with Crippen molar-refractivity contribution in [1.29, 1.82) is 0 Å². The molecule has 0 aromatic heterocycles. The number of hydrogen-bond acceptors (Lipinski definition) is 25. The number of aliphatic hydroxyl groups is 2. The quantitative estimate of drug-likeness (QED) is 0.00984. The number of rotatable bonds is 64. The Hall–Kier alpha value is -11.7. The molecule has 3 atom stereocenters. The number of ether oxygens (including phenoxy) is 8. The van der Waals surface area contributed by atoms with Crippen LogP contribution in [0.5, 0.6) is 0 Å². The van der Waals surface area contributed by atoms with E-state index in [2.05, 4.69) is 222 Å². The summed E-state index contributed by atoms with van der Waals surface area (Å²) in [6.45, 7) is 26.6. The van der Waals surface area contributed by atoms with Gasteiger partial charge in [-0.1, -0.05) is 72.5 Å².